The minimum Gasteiger partial charge on any atom is -0.493 e. The van der Waals surface area contributed by atoms with Gasteiger partial charge in [0.05, 0.1) is 28.9 Å². The Kier molecular flexibility index (Phi) is 14.4. The number of hydrogen-bond donors (Lipinski definition) is 2. The third kappa shape index (κ3) is 11.7. The second kappa shape index (κ2) is 17.9. The number of allylic oxidation sites excluding steroid dienone is 9. The van der Waals surface area contributed by atoms with Crippen LogP contribution in [-0.2, 0) is 4.79 Å². The molecule has 1 aromatic carbocycles. The number of hydrogen-bond acceptors (Lipinski definition) is 5. The number of pyridine rings is 1. The number of amides is 1. The Morgan fingerprint density at radius 2 is 1.70 bits per heavy atom. The second-order valence-electron chi connectivity index (χ2n) is 12.6. The molecular formula is C38H46Cl2N2O5. The number of carboxylic acid groups (broad SMARTS) is 1. The van der Waals surface area contributed by atoms with Crippen molar-refractivity contribution < 1.29 is 24.2 Å². The Bertz CT molecular complexity index is 1560. The summed E-state index contributed by atoms with van der Waals surface area (Å²) in [5.74, 6) is -0.0870. The molecule has 1 aromatic heterocycles. The highest BCUT2D eigenvalue weighted by Crippen LogP contribution is 2.41. The van der Waals surface area contributed by atoms with Gasteiger partial charge in [0.1, 0.15) is 0 Å². The molecule has 0 bridgehead atoms. The fourth-order valence-corrected chi connectivity index (χ4v) is 6.15. The first-order valence-electron chi connectivity index (χ1n) is 15.9. The molecule has 0 spiro atoms. The third-order valence-electron chi connectivity index (χ3n) is 8.24. The minimum atomic E-state index is -0.912. The van der Waals surface area contributed by atoms with Crippen molar-refractivity contribution in [1.29, 1.82) is 0 Å². The molecular weight excluding hydrogens is 635 g/mol. The van der Waals surface area contributed by atoms with Crippen LogP contribution in [0.2, 0.25) is 10.0 Å². The van der Waals surface area contributed by atoms with Gasteiger partial charge in [0, 0.05) is 24.0 Å². The van der Waals surface area contributed by atoms with Gasteiger partial charge < -0.3 is 19.9 Å². The van der Waals surface area contributed by atoms with Crippen molar-refractivity contribution in [2.75, 3.05) is 12.4 Å². The van der Waals surface area contributed by atoms with E-state index in [1.807, 2.05) is 12.2 Å². The van der Waals surface area contributed by atoms with Crippen LogP contribution >= 0.6 is 23.2 Å². The Morgan fingerprint density at radius 1 is 1.02 bits per heavy atom. The van der Waals surface area contributed by atoms with Gasteiger partial charge in [0.2, 0.25) is 0 Å². The van der Waals surface area contributed by atoms with Crippen LogP contribution in [0.15, 0.2) is 89.3 Å². The van der Waals surface area contributed by atoms with Gasteiger partial charge in [0.15, 0.2) is 11.5 Å². The highest BCUT2D eigenvalue weighted by molar-refractivity contribution is 6.39. The molecule has 252 valence electrons. The Balaban J connectivity index is 0.000000258. The largest absolute Gasteiger partial charge is 0.493 e. The van der Waals surface area contributed by atoms with Crippen LogP contribution in [0, 0.1) is 5.41 Å². The first kappa shape index (κ1) is 37.6. The number of aliphatic carboxylic acids is 1. The van der Waals surface area contributed by atoms with Gasteiger partial charge in [0.25, 0.3) is 5.91 Å². The summed E-state index contributed by atoms with van der Waals surface area (Å²) in [6.07, 6.45) is 22.4. The Hall–Kier alpha value is -3.81. The van der Waals surface area contributed by atoms with E-state index in [1.165, 1.54) is 48.9 Å². The molecule has 2 aliphatic carbocycles. The van der Waals surface area contributed by atoms with E-state index in [4.69, 9.17) is 37.8 Å². The van der Waals surface area contributed by atoms with Gasteiger partial charge in [-0.2, -0.15) is 0 Å². The molecule has 0 aliphatic heterocycles. The Labute approximate surface area is 289 Å². The molecule has 0 atom stereocenters. The van der Waals surface area contributed by atoms with E-state index in [0.29, 0.717) is 22.7 Å². The number of nitrogens with zero attached hydrogens (tertiary/aromatic N) is 1. The van der Waals surface area contributed by atoms with E-state index >= 15 is 0 Å². The quantitative estimate of drug-likeness (QED) is 0.191. The monoisotopic (exact) mass is 680 g/mol. The highest BCUT2D eigenvalue weighted by atomic mass is 35.5. The SMILES string of the molecule is CC1=C(/C=C/C(C)=C/C=C/C(C)=C/C(=O)O)C(C)(C)CCC1.COc1ccc(C(=O)Nc2c(Cl)cncc2Cl)cc1OC1CCCC1. The van der Waals surface area contributed by atoms with Crippen molar-refractivity contribution in [1.82, 2.24) is 4.98 Å². The van der Waals surface area contributed by atoms with E-state index in [9.17, 15) is 9.59 Å². The van der Waals surface area contributed by atoms with E-state index in [2.05, 4.69) is 50.1 Å². The number of nitrogens with one attached hydrogen (secondary N) is 1. The number of carboxylic acids is 1. The maximum Gasteiger partial charge on any atom is 0.328 e. The molecule has 2 aromatic rings. The molecule has 7 nitrogen and oxygen atoms in total. The predicted octanol–water partition coefficient (Wildman–Crippen LogP) is 10.6. The first-order valence-corrected chi connectivity index (χ1v) is 16.7. The van der Waals surface area contributed by atoms with Crippen molar-refractivity contribution in [2.24, 2.45) is 5.41 Å². The van der Waals surface area contributed by atoms with Crippen LogP contribution in [0.5, 0.6) is 11.5 Å². The summed E-state index contributed by atoms with van der Waals surface area (Å²) < 4.78 is 11.4. The van der Waals surface area contributed by atoms with Crippen molar-refractivity contribution in [3.05, 3.63) is 105 Å². The van der Waals surface area contributed by atoms with Gasteiger partial charge in [-0.25, -0.2) is 4.79 Å². The van der Waals surface area contributed by atoms with Crippen LogP contribution in [0.4, 0.5) is 5.69 Å². The number of halogens is 2. The molecule has 0 saturated heterocycles. The first-order chi connectivity index (χ1) is 22.3. The molecule has 1 saturated carbocycles. The molecule has 1 amide bonds. The maximum absolute atomic E-state index is 12.6. The summed E-state index contributed by atoms with van der Waals surface area (Å²) in [4.78, 5) is 27.0. The average molecular weight is 682 g/mol. The summed E-state index contributed by atoms with van der Waals surface area (Å²) >= 11 is 12.1. The van der Waals surface area contributed by atoms with Gasteiger partial charge >= 0.3 is 5.97 Å². The van der Waals surface area contributed by atoms with Gasteiger partial charge in [-0.3, -0.25) is 9.78 Å². The van der Waals surface area contributed by atoms with Crippen LogP contribution in [0.3, 0.4) is 0 Å². The molecule has 47 heavy (non-hydrogen) atoms. The fourth-order valence-electron chi connectivity index (χ4n) is 5.69. The van der Waals surface area contributed by atoms with Crippen LogP contribution in [-0.4, -0.2) is 35.2 Å². The number of carbonyl (C=O) groups excluding carboxylic acids is 1. The lowest BCUT2D eigenvalue weighted by Crippen LogP contribution is -2.19. The number of aromatic nitrogens is 1. The van der Waals surface area contributed by atoms with Crippen LogP contribution in [0.25, 0.3) is 0 Å². The van der Waals surface area contributed by atoms with Gasteiger partial charge in [-0.05, 0) is 100 Å². The number of benzene rings is 1. The number of anilines is 1. The lowest BCUT2D eigenvalue weighted by Gasteiger charge is -2.32. The van der Waals surface area contributed by atoms with Crippen LogP contribution < -0.4 is 14.8 Å². The summed E-state index contributed by atoms with van der Waals surface area (Å²) in [7, 11) is 1.58. The maximum atomic E-state index is 12.6. The van der Waals surface area contributed by atoms with Crippen molar-refractivity contribution in [3.63, 3.8) is 0 Å². The summed E-state index contributed by atoms with van der Waals surface area (Å²) in [6, 6.07) is 5.06. The summed E-state index contributed by atoms with van der Waals surface area (Å²) in [5, 5.41) is 11.9. The third-order valence-corrected chi connectivity index (χ3v) is 8.81. The van der Waals surface area contributed by atoms with Crippen molar-refractivity contribution in [2.45, 2.75) is 85.7 Å². The molecule has 2 aliphatic rings. The Morgan fingerprint density at radius 3 is 2.32 bits per heavy atom. The lowest BCUT2D eigenvalue weighted by atomic mass is 9.72. The number of ether oxygens (including phenoxy) is 2. The van der Waals surface area contributed by atoms with Gasteiger partial charge in [-0.15, -0.1) is 0 Å². The van der Waals surface area contributed by atoms with E-state index < -0.39 is 5.97 Å². The van der Waals surface area contributed by atoms with Crippen molar-refractivity contribution >= 4 is 40.8 Å². The smallest absolute Gasteiger partial charge is 0.328 e. The number of rotatable bonds is 10. The number of methoxy groups -OCH3 is 1. The number of carbonyl (C=O) groups is 2. The minimum absolute atomic E-state index is 0.163. The lowest BCUT2D eigenvalue weighted by molar-refractivity contribution is -0.131. The molecule has 4 rings (SSSR count). The zero-order chi connectivity index (χ0) is 34.6. The van der Waals surface area contributed by atoms with Crippen LogP contribution in [0.1, 0.15) is 89.9 Å². The molecule has 2 N–H and O–H groups in total. The standard InChI is InChI=1S/C20H28O2.C18H18Cl2N2O3/c1-15(8-6-9-16(2)14-19(21)22)11-12-18-17(3)10-7-13-20(18,4)5;1-24-15-7-6-11(8-16(15)25-12-4-2-3-5-12)18(23)22-17-13(19)9-21-10-14(17)20/h6,8-9,11-12,14H,7,10,13H2,1-5H3,(H,21,22);6-10,12H,2-5H2,1H3,(H,21,22,23)/b9-6+,12-11+,15-8+,16-14+;. The van der Waals surface area contributed by atoms with Crippen molar-refractivity contribution in [3.8, 4) is 11.5 Å². The second-order valence-corrected chi connectivity index (χ2v) is 13.4. The van der Waals surface area contributed by atoms with E-state index in [-0.39, 0.29) is 27.5 Å². The highest BCUT2D eigenvalue weighted by Gasteiger charge is 2.26. The zero-order valence-corrected chi connectivity index (χ0v) is 29.7. The average Bonchev–Trinajstić information content (AvgIpc) is 3.51. The zero-order valence-electron chi connectivity index (χ0n) is 28.2. The molecule has 0 radical (unpaired) electrons. The van der Waals surface area contributed by atoms with E-state index in [1.54, 1.807) is 38.3 Å². The van der Waals surface area contributed by atoms with Gasteiger partial charge in [-0.1, -0.05) is 78.6 Å². The molecule has 1 heterocycles. The summed E-state index contributed by atoms with van der Waals surface area (Å²) in [6.45, 7) is 10.7. The summed E-state index contributed by atoms with van der Waals surface area (Å²) in [5.41, 5.74) is 5.85. The fraction of sp³-hybridized carbons (Fsp3) is 0.395. The topological polar surface area (TPSA) is 97.8 Å². The normalized spacial score (nSPS) is 17.1. The molecule has 0 unspecified atom stereocenters. The molecule has 9 heteroatoms. The molecule has 1 fully saturated rings. The predicted molar refractivity (Wildman–Crippen MR) is 192 cm³/mol. The van der Waals surface area contributed by atoms with E-state index in [0.717, 1.165) is 36.8 Å².